The Morgan fingerprint density at radius 2 is 1.74 bits per heavy atom. The minimum Gasteiger partial charge on any atom is -0.462 e. The van der Waals surface area contributed by atoms with Crippen LogP contribution in [0.2, 0.25) is 0 Å². The molecule has 39 heavy (non-hydrogen) atoms. The fourth-order valence-corrected chi connectivity index (χ4v) is 8.08. The highest BCUT2D eigenvalue weighted by molar-refractivity contribution is 7.89. The molecule has 0 spiro atoms. The monoisotopic (exact) mass is 577 g/mol. The summed E-state index contributed by atoms with van der Waals surface area (Å²) >= 11 is 1.22. The van der Waals surface area contributed by atoms with Crippen molar-refractivity contribution in [1.29, 1.82) is 0 Å². The van der Waals surface area contributed by atoms with E-state index in [2.05, 4.69) is 5.32 Å². The van der Waals surface area contributed by atoms with Gasteiger partial charge in [0.1, 0.15) is 5.00 Å². The highest BCUT2D eigenvalue weighted by Gasteiger charge is 2.33. The quantitative estimate of drug-likeness (QED) is 0.454. The van der Waals surface area contributed by atoms with Crippen LogP contribution in [-0.4, -0.2) is 67.9 Å². The smallest absolute Gasteiger partial charge is 0.410 e. The predicted molar refractivity (Wildman–Crippen MR) is 148 cm³/mol. The lowest BCUT2D eigenvalue weighted by atomic mass is 10.0. The summed E-state index contributed by atoms with van der Waals surface area (Å²) in [6.45, 7) is 7.03. The maximum absolute atomic E-state index is 13.3. The number of thiophene rings is 1. The maximum atomic E-state index is 13.3. The van der Waals surface area contributed by atoms with Gasteiger partial charge in [0.25, 0.3) is 5.91 Å². The first-order valence-electron chi connectivity index (χ1n) is 13.4. The largest absolute Gasteiger partial charge is 0.462 e. The van der Waals surface area contributed by atoms with Crippen LogP contribution in [0.1, 0.15) is 77.6 Å². The number of anilines is 1. The average Bonchev–Trinajstić information content (AvgIpc) is 3.30. The van der Waals surface area contributed by atoms with Gasteiger partial charge >= 0.3 is 12.1 Å². The number of sulfonamides is 1. The molecule has 1 fully saturated rings. The minimum absolute atomic E-state index is 0.0161. The van der Waals surface area contributed by atoms with Gasteiger partial charge in [-0.3, -0.25) is 4.79 Å². The molecule has 1 N–H and O–H groups in total. The molecule has 12 heteroatoms. The Morgan fingerprint density at radius 1 is 1.03 bits per heavy atom. The highest BCUT2D eigenvalue weighted by atomic mass is 32.2. The van der Waals surface area contributed by atoms with E-state index in [-0.39, 0.29) is 36.3 Å². The van der Waals surface area contributed by atoms with Crippen LogP contribution in [0, 0.1) is 0 Å². The molecule has 2 aliphatic rings. The molecule has 1 saturated heterocycles. The van der Waals surface area contributed by atoms with Gasteiger partial charge in [-0.2, -0.15) is 4.31 Å². The molecule has 10 nitrogen and oxygen atoms in total. The summed E-state index contributed by atoms with van der Waals surface area (Å²) in [5.74, 6) is -1.02. The van der Waals surface area contributed by atoms with Crippen molar-refractivity contribution in [3.05, 3.63) is 45.8 Å². The van der Waals surface area contributed by atoms with Crippen LogP contribution < -0.4 is 5.32 Å². The molecule has 1 unspecified atom stereocenters. The summed E-state index contributed by atoms with van der Waals surface area (Å²) in [6.07, 6.45) is 3.46. The number of hydrogen-bond donors (Lipinski definition) is 1. The number of piperidine rings is 1. The molecule has 2 aliphatic heterocycles. The second-order valence-corrected chi connectivity index (χ2v) is 12.4. The molecule has 3 heterocycles. The molecule has 0 radical (unpaired) electrons. The Balaban J connectivity index is 1.56. The van der Waals surface area contributed by atoms with E-state index in [1.807, 2.05) is 6.92 Å². The number of rotatable bonds is 8. The summed E-state index contributed by atoms with van der Waals surface area (Å²) in [6, 6.07) is 5.85. The van der Waals surface area contributed by atoms with E-state index < -0.39 is 28.0 Å². The number of hydrogen-bond acceptors (Lipinski definition) is 8. The minimum atomic E-state index is -3.67. The van der Waals surface area contributed by atoms with Crippen LogP contribution in [0.3, 0.4) is 0 Å². The predicted octanol–water partition coefficient (Wildman–Crippen LogP) is 4.64. The van der Waals surface area contributed by atoms with E-state index in [0.717, 1.165) is 36.1 Å². The van der Waals surface area contributed by atoms with Gasteiger partial charge in [0.15, 0.2) is 0 Å². The molecule has 2 aromatic rings. The van der Waals surface area contributed by atoms with E-state index in [4.69, 9.17) is 9.47 Å². The van der Waals surface area contributed by atoms with Crippen molar-refractivity contribution in [2.45, 2.75) is 70.4 Å². The molecule has 2 amide bonds. The molecular weight excluding hydrogens is 542 g/mol. The maximum Gasteiger partial charge on any atom is 0.410 e. The first-order valence-corrected chi connectivity index (χ1v) is 15.6. The summed E-state index contributed by atoms with van der Waals surface area (Å²) in [7, 11) is -3.67. The van der Waals surface area contributed by atoms with Crippen molar-refractivity contribution in [3.8, 4) is 0 Å². The van der Waals surface area contributed by atoms with E-state index in [1.54, 1.807) is 23.1 Å². The van der Waals surface area contributed by atoms with Crippen molar-refractivity contribution in [1.82, 2.24) is 9.21 Å². The summed E-state index contributed by atoms with van der Waals surface area (Å²) < 4.78 is 38.5. The van der Waals surface area contributed by atoms with Crippen molar-refractivity contribution in [2.24, 2.45) is 0 Å². The topological polar surface area (TPSA) is 122 Å². The molecular formula is C27H35N3O7S2. The van der Waals surface area contributed by atoms with Gasteiger partial charge in [0.05, 0.1) is 30.2 Å². The van der Waals surface area contributed by atoms with Crippen LogP contribution in [0.15, 0.2) is 29.2 Å². The van der Waals surface area contributed by atoms with E-state index in [1.165, 1.54) is 35.6 Å². The zero-order valence-electron chi connectivity index (χ0n) is 22.5. The fraction of sp³-hybridized carbons (Fsp3) is 0.519. The van der Waals surface area contributed by atoms with Gasteiger partial charge < -0.3 is 19.7 Å². The molecule has 4 rings (SSSR count). The van der Waals surface area contributed by atoms with Crippen molar-refractivity contribution < 1.29 is 32.3 Å². The zero-order chi connectivity index (χ0) is 28.2. The number of amides is 2. The van der Waals surface area contributed by atoms with Gasteiger partial charge in [0.2, 0.25) is 10.0 Å². The Labute approximate surface area is 233 Å². The lowest BCUT2D eigenvalue weighted by Gasteiger charge is -2.34. The number of carbonyl (C=O) groups is 3. The number of benzene rings is 1. The molecule has 1 aromatic heterocycles. The van der Waals surface area contributed by atoms with Gasteiger partial charge in [-0.15, -0.1) is 11.3 Å². The van der Waals surface area contributed by atoms with Crippen LogP contribution in [0.4, 0.5) is 9.80 Å². The molecule has 212 valence electrons. The standard InChI is InChI=1S/C27H35N3O7S2/c1-4-19-9-7-8-15-30(19)39(34,35)20-12-10-18(11-13-20)24(31)28-25-23(26(32)36-5-2)21-14-16-29(17-22(21)38-25)27(33)37-6-3/h10-13,19H,4-9,14-17H2,1-3H3,(H,28,31). The highest BCUT2D eigenvalue weighted by Crippen LogP contribution is 2.38. The van der Waals surface area contributed by atoms with Crippen molar-refractivity contribution in [2.75, 3.05) is 31.6 Å². The first-order chi connectivity index (χ1) is 18.7. The van der Waals surface area contributed by atoms with E-state index in [9.17, 15) is 22.8 Å². The van der Waals surface area contributed by atoms with Crippen LogP contribution in [-0.2, 0) is 32.5 Å². The number of carbonyl (C=O) groups excluding carboxylic acids is 3. The Hall–Kier alpha value is -2.96. The molecule has 1 atom stereocenters. The molecule has 0 bridgehead atoms. The summed E-state index contributed by atoms with van der Waals surface area (Å²) in [5, 5.41) is 3.15. The second kappa shape index (κ2) is 12.5. The van der Waals surface area contributed by atoms with E-state index >= 15 is 0 Å². The third kappa shape index (κ3) is 6.12. The zero-order valence-corrected chi connectivity index (χ0v) is 24.2. The Kier molecular flexibility index (Phi) is 9.29. The number of fused-ring (bicyclic) bond motifs is 1. The summed E-state index contributed by atoms with van der Waals surface area (Å²) in [4.78, 5) is 40.8. The Bertz CT molecular complexity index is 1320. The van der Waals surface area contributed by atoms with E-state index in [0.29, 0.717) is 30.1 Å². The fourth-order valence-electron chi connectivity index (χ4n) is 5.07. The van der Waals surface area contributed by atoms with Crippen molar-refractivity contribution in [3.63, 3.8) is 0 Å². The van der Waals surface area contributed by atoms with Crippen LogP contribution >= 0.6 is 11.3 Å². The Morgan fingerprint density at radius 3 is 2.41 bits per heavy atom. The number of ether oxygens (including phenoxy) is 2. The molecule has 1 aromatic carbocycles. The normalized spacial score (nSPS) is 17.8. The number of nitrogens with one attached hydrogen (secondary N) is 1. The third-order valence-electron chi connectivity index (χ3n) is 7.06. The number of esters is 1. The lowest BCUT2D eigenvalue weighted by Crippen LogP contribution is -2.43. The van der Waals surface area contributed by atoms with Crippen molar-refractivity contribution >= 4 is 44.3 Å². The SMILES string of the molecule is CCOC(=O)c1c(NC(=O)c2ccc(S(=O)(=O)N3CCCCC3CC)cc2)sc2c1CCN(C(=O)OCC)C2. The number of nitrogens with zero attached hydrogens (tertiary/aromatic N) is 2. The third-order valence-corrected chi connectivity index (χ3v) is 10.2. The second-order valence-electron chi connectivity index (χ2n) is 9.45. The molecule has 0 aliphatic carbocycles. The lowest BCUT2D eigenvalue weighted by molar-refractivity contribution is 0.0526. The average molecular weight is 578 g/mol. The van der Waals surface area contributed by atoms with Gasteiger partial charge in [-0.1, -0.05) is 13.3 Å². The first kappa shape index (κ1) is 29.0. The van der Waals surface area contributed by atoms with Crippen LogP contribution in [0.5, 0.6) is 0 Å². The van der Waals surface area contributed by atoms with Gasteiger partial charge in [-0.25, -0.2) is 18.0 Å². The van der Waals surface area contributed by atoms with Gasteiger partial charge in [-0.05, 0) is 69.4 Å². The molecule has 0 saturated carbocycles. The van der Waals surface area contributed by atoms with Gasteiger partial charge in [0, 0.05) is 29.6 Å². The van der Waals surface area contributed by atoms with Crippen LogP contribution in [0.25, 0.3) is 0 Å². The summed E-state index contributed by atoms with van der Waals surface area (Å²) in [5.41, 5.74) is 1.31.